The molecule has 166 valence electrons. The lowest BCUT2D eigenvalue weighted by Crippen LogP contribution is -2.33. The summed E-state index contributed by atoms with van der Waals surface area (Å²) in [6.07, 6.45) is 2.52. The van der Waals surface area contributed by atoms with Crippen molar-refractivity contribution in [1.82, 2.24) is 4.90 Å². The maximum absolute atomic E-state index is 13.3. The van der Waals surface area contributed by atoms with Crippen LogP contribution in [-0.2, 0) is 11.3 Å². The zero-order valence-electron chi connectivity index (χ0n) is 19.1. The van der Waals surface area contributed by atoms with Crippen LogP contribution in [0.1, 0.15) is 49.0 Å². The molecule has 2 aromatic carbocycles. The first-order valence-electron chi connectivity index (χ1n) is 10.8. The molecular weight excluding hydrogens is 390 g/mol. The molecule has 6 heteroatoms. The summed E-state index contributed by atoms with van der Waals surface area (Å²) in [5.74, 6) is 1.05. The minimum atomic E-state index is 0.00640. The molecule has 2 amide bonds. The number of amides is 2. The fourth-order valence-electron chi connectivity index (χ4n) is 3.64. The molecular formula is C25H33N3O3. The van der Waals surface area contributed by atoms with E-state index in [4.69, 9.17) is 4.74 Å². The first kappa shape index (κ1) is 22.7. The average molecular weight is 424 g/mol. The molecule has 1 N–H and O–H groups in total. The van der Waals surface area contributed by atoms with E-state index in [1.165, 1.54) is 0 Å². The van der Waals surface area contributed by atoms with Crippen LogP contribution in [-0.4, -0.2) is 44.0 Å². The van der Waals surface area contributed by atoms with Crippen molar-refractivity contribution >= 4 is 23.2 Å². The lowest BCUT2D eigenvalue weighted by molar-refractivity contribution is -0.116. The summed E-state index contributed by atoms with van der Waals surface area (Å²) in [6, 6.07) is 13.4. The second-order valence-electron chi connectivity index (χ2n) is 8.78. The highest BCUT2D eigenvalue weighted by atomic mass is 16.5. The van der Waals surface area contributed by atoms with Gasteiger partial charge in [-0.25, -0.2) is 0 Å². The first-order chi connectivity index (χ1) is 14.8. The van der Waals surface area contributed by atoms with E-state index in [1.54, 1.807) is 7.11 Å². The van der Waals surface area contributed by atoms with E-state index in [-0.39, 0.29) is 17.9 Å². The number of benzene rings is 2. The van der Waals surface area contributed by atoms with E-state index in [0.717, 1.165) is 35.5 Å². The van der Waals surface area contributed by atoms with Gasteiger partial charge in [0.05, 0.1) is 7.11 Å². The van der Waals surface area contributed by atoms with Crippen LogP contribution in [0, 0.1) is 5.92 Å². The third-order valence-electron chi connectivity index (χ3n) is 5.36. The minimum absolute atomic E-state index is 0.00640. The van der Waals surface area contributed by atoms with Crippen molar-refractivity contribution in [3.63, 3.8) is 0 Å². The lowest BCUT2D eigenvalue weighted by atomic mass is 10.1. The van der Waals surface area contributed by atoms with Crippen LogP contribution < -0.4 is 15.0 Å². The highest BCUT2D eigenvalue weighted by molar-refractivity contribution is 5.95. The molecule has 0 spiro atoms. The number of carbonyl (C=O) groups excluding carboxylic acids is 2. The Balaban J connectivity index is 1.85. The SMILES string of the molecule is COc1ccc(C(=O)N(Cc2cc(NC(=O)CC(C)C)ccc2N(C)C)C2CC2)cc1. The number of hydrogen-bond acceptors (Lipinski definition) is 4. The van der Waals surface area contributed by atoms with Crippen LogP contribution >= 0.6 is 0 Å². The number of rotatable bonds is 9. The van der Waals surface area contributed by atoms with Gasteiger partial charge in [0.15, 0.2) is 0 Å². The minimum Gasteiger partial charge on any atom is -0.497 e. The summed E-state index contributed by atoms with van der Waals surface area (Å²) >= 11 is 0. The predicted octanol–water partition coefficient (Wildman–Crippen LogP) is 4.55. The molecule has 0 aliphatic heterocycles. The summed E-state index contributed by atoms with van der Waals surface area (Å²) in [5, 5.41) is 3.00. The monoisotopic (exact) mass is 423 g/mol. The van der Waals surface area contributed by atoms with Crippen molar-refractivity contribution < 1.29 is 14.3 Å². The van der Waals surface area contributed by atoms with E-state index in [0.29, 0.717) is 24.4 Å². The van der Waals surface area contributed by atoms with Gasteiger partial charge < -0.3 is 19.9 Å². The van der Waals surface area contributed by atoms with Gasteiger partial charge in [-0.1, -0.05) is 13.8 Å². The second-order valence-corrected chi connectivity index (χ2v) is 8.78. The molecule has 2 aromatic rings. The van der Waals surface area contributed by atoms with Crippen LogP contribution in [0.5, 0.6) is 5.75 Å². The lowest BCUT2D eigenvalue weighted by Gasteiger charge is -2.26. The number of nitrogens with one attached hydrogen (secondary N) is 1. The molecule has 0 aromatic heterocycles. The quantitative estimate of drug-likeness (QED) is 0.643. The highest BCUT2D eigenvalue weighted by Gasteiger charge is 2.33. The predicted molar refractivity (Wildman–Crippen MR) is 125 cm³/mol. The highest BCUT2D eigenvalue weighted by Crippen LogP contribution is 2.33. The Bertz CT molecular complexity index is 918. The Morgan fingerprint density at radius 3 is 2.32 bits per heavy atom. The summed E-state index contributed by atoms with van der Waals surface area (Å²) in [4.78, 5) is 29.5. The molecule has 1 aliphatic rings. The smallest absolute Gasteiger partial charge is 0.254 e. The topological polar surface area (TPSA) is 61.9 Å². The number of carbonyl (C=O) groups is 2. The van der Waals surface area contributed by atoms with Gasteiger partial charge in [-0.3, -0.25) is 9.59 Å². The third-order valence-corrected chi connectivity index (χ3v) is 5.36. The summed E-state index contributed by atoms with van der Waals surface area (Å²) in [5.41, 5.74) is 3.47. The molecule has 0 bridgehead atoms. The largest absolute Gasteiger partial charge is 0.497 e. The van der Waals surface area contributed by atoms with Crippen molar-refractivity contribution in [2.75, 3.05) is 31.4 Å². The Kier molecular flexibility index (Phi) is 7.21. The fourth-order valence-corrected chi connectivity index (χ4v) is 3.64. The molecule has 0 heterocycles. The van der Waals surface area contributed by atoms with E-state index in [9.17, 15) is 9.59 Å². The van der Waals surface area contributed by atoms with Crippen molar-refractivity contribution in [3.05, 3.63) is 53.6 Å². The van der Waals surface area contributed by atoms with E-state index < -0.39 is 0 Å². The molecule has 1 saturated carbocycles. The number of anilines is 2. The summed E-state index contributed by atoms with van der Waals surface area (Å²) in [6.45, 7) is 4.55. The number of ether oxygens (including phenoxy) is 1. The van der Waals surface area contributed by atoms with E-state index in [2.05, 4.69) is 5.32 Å². The van der Waals surface area contributed by atoms with Crippen molar-refractivity contribution in [2.45, 2.75) is 45.7 Å². The Morgan fingerprint density at radius 2 is 1.77 bits per heavy atom. The molecule has 0 radical (unpaired) electrons. The normalized spacial score (nSPS) is 13.1. The standard InChI is InChI=1S/C25H33N3O3/c1-17(2)14-24(29)26-20-8-13-23(27(3)4)19(15-20)16-28(21-9-10-21)25(30)18-6-11-22(31-5)12-7-18/h6-8,11-13,15,17,21H,9-10,14,16H2,1-5H3,(H,26,29). The second kappa shape index (κ2) is 9.86. The van der Waals surface area contributed by atoms with Gasteiger partial charge >= 0.3 is 0 Å². The van der Waals surface area contributed by atoms with Gasteiger partial charge in [0, 0.05) is 50.0 Å². The number of methoxy groups -OCH3 is 1. The van der Waals surface area contributed by atoms with Gasteiger partial charge in [0.1, 0.15) is 5.75 Å². The Labute approximate surface area is 185 Å². The molecule has 0 saturated heterocycles. The maximum atomic E-state index is 13.3. The van der Waals surface area contributed by atoms with Gasteiger partial charge in [0.2, 0.25) is 5.91 Å². The average Bonchev–Trinajstić information content (AvgIpc) is 3.56. The molecule has 0 unspecified atom stereocenters. The van der Waals surface area contributed by atoms with Gasteiger partial charge in [-0.05, 0) is 66.8 Å². The molecule has 1 fully saturated rings. The van der Waals surface area contributed by atoms with Crippen molar-refractivity contribution in [1.29, 1.82) is 0 Å². The molecule has 1 aliphatic carbocycles. The van der Waals surface area contributed by atoms with Crippen LogP contribution in [0.25, 0.3) is 0 Å². The van der Waals surface area contributed by atoms with E-state index in [1.807, 2.05) is 80.2 Å². The van der Waals surface area contributed by atoms with E-state index >= 15 is 0 Å². The molecule has 0 atom stereocenters. The summed E-state index contributed by atoms with van der Waals surface area (Å²) < 4.78 is 5.21. The Hall–Kier alpha value is -3.02. The van der Waals surface area contributed by atoms with Crippen molar-refractivity contribution in [3.8, 4) is 5.75 Å². The van der Waals surface area contributed by atoms with Crippen LogP contribution in [0.2, 0.25) is 0 Å². The Morgan fingerprint density at radius 1 is 1.10 bits per heavy atom. The maximum Gasteiger partial charge on any atom is 0.254 e. The first-order valence-corrected chi connectivity index (χ1v) is 10.8. The molecule has 31 heavy (non-hydrogen) atoms. The fraction of sp³-hybridized carbons (Fsp3) is 0.440. The van der Waals surface area contributed by atoms with Crippen LogP contribution in [0.3, 0.4) is 0 Å². The van der Waals surface area contributed by atoms with Crippen molar-refractivity contribution in [2.24, 2.45) is 5.92 Å². The van der Waals surface area contributed by atoms with Gasteiger partial charge in [-0.2, -0.15) is 0 Å². The number of hydrogen-bond donors (Lipinski definition) is 1. The van der Waals surface area contributed by atoms with Gasteiger partial charge in [0.25, 0.3) is 5.91 Å². The van der Waals surface area contributed by atoms with Crippen LogP contribution in [0.15, 0.2) is 42.5 Å². The molecule has 6 nitrogen and oxygen atoms in total. The molecule has 3 rings (SSSR count). The zero-order valence-corrected chi connectivity index (χ0v) is 19.1. The van der Waals surface area contributed by atoms with Gasteiger partial charge in [-0.15, -0.1) is 0 Å². The number of nitrogens with zero attached hydrogens (tertiary/aromatic N) is 2. The van der Waals surface area contributed by atoms with Crippen LogP contribution in [0.4, 0.5) is 11.4 Å². The third kappa shape index (κ3) is 6.00. The zero-order chi connectivity index (χ0) is 22.5. The summed E-state index contributed by atoms with van der Waals surface area (Å²) in [7, 11) is 5.59.